The quantitative estimate of drug-likeness (QED) is 0.318. The van der Waals surface area contributed by atoms with Crippen molar-refractivity contribution in [1.82, 2.24) is 0 Å². The molecule has 0 fully saturated rings. The second-order valence-electron chi connectivity index (χ2n) is 0.0609. The number of hydrogen-bond acceptors (Lipinski definition) is 1. The van der Waals surface area contributed by atoms with Crippen molar-refractivity contribution in [3.63, 3.8) is 0 Å². The summed E-state index contributed by atoms with van der Waals surface area (Å²) in [5.41, 5.74) is 0. The van der Waals surface area contributed by atoms with Crippen LogP contribution in [0.4, 0.5) is 0 Å². The van der Waals surface area contributed by atoms with E-state index in [1.165, 1.54) is 0 Å². The maximum atomic E-state index is 8.45. The van der Waals surface area contributed by atoms with Gasteiger partial charge in [0.05, 0.1) is 0 Å². The summed E-state index contributed by atoms with van der Waals surface area (Å²) in [6.07, 6.45) is 0. The summed E-state index contributed by atoms with van der Waals surface area (Å²) in [5.74, 6) is 0. The Morgan fingerprint density at radius 2 is 1.60 bits per heavy atom. The first-order valence-corrected chi connectivity index (χ1v) is 1.18. The van der Waals surface area contributed by atoms with Crippen LogP contribution in [0, 0.1) is 0 Å². The predicted octanol–water partition coefficient (Wildman–Crippen LogP) is -4.32. The van der Waals surface area contributed by atoms with Crippen LogP contribution in [0.2, 0.25) is 0 Å². The SMILES string of the molecule is [Li+].[LiH].[O]=[Co-][OH]. The minimum atomic E-state index is -0.812. The van der Waals surface area contributed by atoms with E-state index in [9.17, 15) is 0 Å². The Morgan fingerprint density at radius 3 is 1.60 bits per heavy atom. The molecule has 0 aromatic carbocycles. The third-order valence-electron chi connectivity index (χ3n) is 0. The van der Waals surface area contributed by atoms with Gasteiger partial charge in [-0.2, -0.15) is 0 Å². The van der Waals surface area contributed by atoms with Gasteiger partial charge in [0.15, 0.2) is 0 Å². The van der Waals surface area contributed by atoms with E-state index < -0.39 is 15.0 Å². The summed E-state index contributed by atoms with van der Waals surface area (Å²) in [7, 11) is 0. The Bertz CT molecular complexity index is 15.1. The molecule has 0 radical (unpaired) electrons. The van der Waals surface area contributed by atoms with Crippen molar-refractivity contribution in [3.8, 4) is 0 Å². The normalized spacial score (nSPS) is 4.20. The zero-order valence-corrected chi connectivity index (χ0v) is 3.23. The first-order valence-electron chi connectivity index (χ1n) is 0.285. The van der Waals surface area contributed by atoms with Crippen LogP contribution in [0.25, 0.3) is 0 Å². The molecule has 0 atom stereocenters. The maximum absolute atomic E-state index is 8.45. The molecule has 0 unspecified atom stereocenters. The van der Waals surface area contributed by atoms with E-state index in [1.807, 2.05) is 0 Å². The third-order valence-corrected chi connectivity index (χ3v) is 0. The molecule has 5 heteroatoms. The van der Waals surface area contributed by atoms with Crippen molar-refractivity contribution in [2.24, 2.45) is 0 Å². The molecular formula is H2CoLi2O2. The van der Waals surface area contributed by atoms with Gasteiger partial charge in [0.1, 0.15) is 0 Å². The van der Waals surface area contributed by atoms with E-state index in [2.05, 4.69) is 0 Å². The Labute approximate surface area is 60.6 Å². The van der Waals surface area contributed by atoms with Crippen molar-refractivity contribution < 1.29 is 41.9 Å². The monoisotopic (exact) mass is 107 g/mol. The van der Waals surface area contributed by atoms with Crippen molar-refractivity contribution in [1.29, 1.82) is 0 Å². The van der Waals surface area contributed by atoms with Crippen molar-refractivity contribution >= 4 is 18.9 Å². The topological polar surface area (TPSA) is 37.3 Å². The van der Waals surface area contributed by atoms with Crippen LogP contribution in [0.1, 0.15) is 0 Å². The predicted molar refractivity (Wildman–Crippen MR) is 10.1 cm³/mol. The van der Waals surface area contributed by atoms with Gasteiger partial charge in [0.2, 0.25) is 0 Å². The Kier molecular flexibility index (Phi) is 57.7. The summed E-state index contributed by atoms with van der Waals surface area (Å²) in [6.45, 7) is 0. The molecule has 0 saturated heterocycles. The Balaban J connectivity index is -0.0000000200. The van der Waals surface area contributed by atoms with Gasteiger partial charge >= 0.3 is 60.8 Å². The molecule has 0 heterocycles. The zero-order valence-electron chi connectivity index (χ0n) is 2.19. The first kappa shape index (κ1) is 16.1. The van der Waals surface area contributed by atoms with Crippen molar-refractivity contribution in [2.45, 2.75) is 0 Å². The van der Waals surface area contributed by atoms with Crippen LogP contribution < -0.4 is 18.9 Å². The molecule has 0 aromatic rings. The van der Waals surface area contributed by atoms with Crippen molar-refractivity contribution in [3.05, 3.63) is 0 Å². The van der Waals surface area contributed by atoms with Gasteiger partial charge in [-0.15, -0.1) is 0 Å². The fourth-order valence-electron chi connectivity index (χ4n) is 0. The average molecular weight is 107 g/mol. The summed E-state index contributed by atoms with van der Waals surface area (Å²) in [4.78, 5) is 0. The average Bonchev–Trinajstić information content (AvgIpc) is 0.918. The minimum absolute atomic E-state index is 0. The molecule has 0 aromatic heterocycles. The van der Waals surface area contributed by atoms with E-state index in [1.54, 1.807) is 0 Å². The summed E-state index contributed by atoms with van der Waals surface area (Å²) >= 11 is -0.812. The van der Waals surface area contributed by atoms with E-state index in [0.717, 1.165) is 0 Å². The molecule has 0 aliphatic carbocycles. The summed E-state index contributed by atoms with van der Waals surface area (Å²) in [6, 6.07) is 0. The van der Waals surface area contributed by atoms with Gasteiger partial charge in [0, 0.05) is 0 Å². The van der Waals surface area contributed by atoms with Crippen LogP contribution in [0.15, 0.2) is 0 Å². The molecule has 0 saturated carbocycles. The Morgan fingerprint density at radius 1 is 1.60 bits per heavy atom. The molecule has 0 amide bonds. The van der Waals surface area contributed by atoms with Crippen LogP contribution in [-0.4, -0.2) is 23.1 Å². The first-order chi connectivity index (χ1) is 1.41. The molecule has 1 N–H and O–H groups in total. The standard InChI is InChI=1S/Co.2Li.H2O.O.H/h;;;1H2;;/q;;+1;;;/p-1. The fourth-order valence-corrected chi connectivity index (χ4v) is 0. The van der Waals surface area contributed by atoms with Gasteiger partial charge in [-0.05, 0) is 0 Å². The third kappa shape index (κ3) is 30.6. The molecule has 0 bridgehead atoms. The number of hydrogen-bond donors (Lipinski definition) is 1. The van der Waals surface area contributed by atoms with Gasteiger partial charge in [-0.3, -0.25) is 0 Å². The van der Waals surface area contributed by atoms with Crippen LogP contribution >= 0.6 is 0 Å². The van der Waals surface area contributed by atoms with Gasteiger partial charge in [0.25, 0.3) is 0 Å². The molecule has 2 nitrogen and oxygen atoms in total. The van der Waals surface area contributed by atoms with Gasteiger partial charge < -0.3 is 0 Å². The Hall–Kier alpha value is 1.46. The van der Waals surface area contributed by atoms with Gasteiger partial charge in [-0.1, -0.05) is 0 Å². The van der Waals surface area contributed by atoms with E-state index in [-0.39, 0.29) is 37.7 Å². The molecule has 0 spiro atoms. The van der Waals surface area contributed by atoms with Crippen molar-refractivity contribution in [2.75, 3.05) is 0 Å². The number of rotatable bonds is 0. The molecule has 5 heavy (non-hydrogen) atoms. The summed E-state index contributed by atoms with van der Waals surface area (Å²) < 4.78 is 15.4. The van der Waals surface area contributed by atoms with Crippen LogP contribution in [-0.2, 0) is 18.8 Å². The molecule has 0 aliphatic rings. The van der Waals surface area contributed by atoms with E-state index in [0.29, 0.717) is 0 Å². The summed E-state index contributed by atoms with van der Waals surface area (Å²) in [5, 5.41) is 0. The molecule has 0 aliphatic heterocycles. The molecule has 0 rings (SSSR count). The second-order valence-corrected chi connectivity index (χ2v) is 0.251. The second kappa shape index (κ2) is 17.9. The van der Waals surface area contributed by atoms with Crippen LogP contribution in [0.5, 0.6) is 0 Å². The molecular weight excluding hydrogens is 105 g/mol. The fraction of sp³-hybridized carbons (Fsp3) is 0. The zero-order chi connectivity index (χ0) is 2.71. The van der Waals surface area contributed by atoms with Gasteiger partial charge in [-0.25, -0.2) is 0 Å². The van der Waals surface area contributed by atoms with E-state index in [4.69, 9.17) is 8.08 Å². The van der Waals surface area contributed by atoms with Crippen LogP contribution in [0.3, 0.4) is 0 Å². The van der Waals surface area contributed by atoms with E-state index >= 15 is 0 Å². The molecule has 25 valence electrons.